The molecule has 0 fully saturated rings. The smallest absolute Gasteiger partial charge is 0.321 e. The largest absolute Gasteiger partial charge is 0.424 e. The molecule has 0 bridgehead atoms. The fraction of sp³-hybridized carbons (Fsp3) is 0.0455. The number of amides is 1. The maximum absolute atomic E-state index is 12.9. The van der Waals surface area contributed by atoms with Crippen LogP contribution in [0.3, 0.4) is 0 Å². The van der Waals surface area contributed by atoms with Gasteiger partial charge in [0.2, 0.25) is 0 Å². The van der Waals surface area contributed by atoms with Gasteiger partial charge in [-0.2, -0.15) is 0 Å². The molecule has 2 aromatic carbocycles. The van der Waals surface area contributed by atoms with Crippen LogP contribution in [0.4, 0.5) is 0 Å². The third kappa shape index (κ3) is 4.24. The molecule has 0 saturated heterocycles. The Labute approximate surface area is 166 Å². The minimum atomic E-state index is -0.212. The molecule has 1 unspecified atom stereocenters. The first-order valence-electron chi connectivity index (χ1n) is 8.74. The molecular weight excluding hydrogens is 370 g/mol. The van der Waals surface area contributed by atoms with Crippen molar-refractivity contribution in [3.63, 3.8) is 0 Å². The summed E-state index contributed by atoms with van der Waals surface area (Å²) < 4.78 is 5.63. The molecule has 1 atom stereocenters. The standard InChI is InChI=1S/C22H17N3O2S/c26-21(17-9-4-10-18(15-17)27-22-23-12-6-13-24-22)25-20(19-11-5-14-28-19)16-7-2-1-3-8-16/h1-15,20H,(H,25,26). The molecule has 1 N–H and O–H groups in total. The number of hydrogen-bond donors (Lipinski definition) is 1. The Morgan fingerprint density at radius 3 is 2.50 bits per heavy atom. The Kier molecular flexibility index (Phi) is 5.40. The molecule has 0 aliphatic carbocycles. The molecular formula is C22H17N3O2S. The predicted octanol–water partition coefficient (Wildman–Crippen LogP) is 4.85. The Morgan fingerprint density at radius 2 is 1.75 bits per heavy atom. The molecule has 28 heavy (non-hydrogen) atoms. The zero-order valence-corrected chi connectivity index (χ0v) is 15.7. The van der Waals surface area contributed by atoms with Gasteiger partial charge >= 0.3 is 6.01 Å². The second-order valence-corrected chi connectivity index (χ2v) is 6.97. The van der Waals surface area contributed by atoms with Crippen molar-refractivity contribution < 1.29 is 9.53 Å². The van der Waals surface area contributed by atoms with Crippen molar-refractivity contribution in [1.29, 1.82) is 0 Å². The van der Waals surface area contributed by atoms with Crippen molar-refractivity contribution in [3.05, 3.63) is 107 Å². The normalized spacial score (nSPS) is 11.6. The molecule has 0 aliphatic rings. The molecule has 1 amide bonds. The van der Waals surface area contributed by atoms with Gasteiger partial charge in [-0.1, -0.05) is 42.5 Å². The van der Waals surface area contributed by atoms with Gasteiger partial charge in [0.25, 0.3) is 5.91 Å². The Hall–Kier alpha value is -3.51. The number of nitrogens with one attached hydrogen (secondary N) is 1. The molecule has 6 heteroatoms. The summed E-state index contributed by atoms with van der Waals surface area (Å²) in [6, 6.07) is 22.6. The summed E-state index contributed by atoms with van der Waals surface area (Å²) in [5, 5.41) is 5.13. The van der Waals surface area contributed by atoms with E-state index in [2.05, 4.69) is 15.3 Å². The fourth-order valence-electron chi connectivity index (χ4n) is 2.78. The van der Waals surface area contributed by atoms with Crippen LogP contribution in [0.25, 0.3) is 0 Å². The predicted molar refractivity (Wildman–Crippen MR) is 109 cm³/mol. The van der Waals surface area contributed by atoms with Crippen LogP contribution in [-0.2, 0) is 0 Å². The third-order valence-corrected chi connectivity index (χ3v) is 5.02. The lowest BCUT2D eigenvalue weighted by molar-refractivity contribution is 0.0943. The number of benzene rings is 2. The van der Waals surface area contributed by atoms with E-state index >= 15 is 0 Å². The van der Waals surface area contributed by atoms with Crippen molar-refractivity contribution in [2.75, 3.05) is 0 Å². The molecule has 4 rings (SSSR count). The van der Waals surface area contributed by atoms with Crippen LogP contribution in [0, 0.1) is 0 Å². The topological polar surface area (TPSA) is 64.1 Å². The van der Waals surface area contributed by atoms with Crippen molar-refractivity contribution in [1.82, 2.24) is 15.3 Å². The molecule has 0 aliphatic heterocycles. The average Bonchev–Trinajstić information content (AvgIpc) is 3.28. The van der Waals surface area contributed by atoms with Gasteiger partial charge in [-0.3, -0.25) is 4.79 Å². The number of rotatable bonds is 6. The molecule has 0 radical (unpaired) electrons. The monoisotopic (exact) mass is 387 g/mol. The molecule has 4 aromatic rings. The number of thiophene rings is 1. The first kappa shape index (κ1) is 17.9. The quantitative estimate of drug-likeness (QED) is 0.514. The summed E-state index contributed by atoms with van der Waals surface area (Å²) in [7, 11) is 0. The minimum absolute atomic E-state index is 0.179. The lowest BCUT2D eigenvalue weighted by atomic mass is 10.0. The highest BCUT2D eigenvalue weighted by molar-refractivity contribution is 7.10. The molecule has 138 valence electrons. The number of hydrogen-bond acceptors (Lipinski definition) is 5. The first-order valence-corrected chi connectivity index (χ1v) is 9.62. The number of nitrogens with zero attached hydrogens (tertiary/aromatic N) is 2. The van der Waals surface area contributed by atoms with E-state index in [4.69, 9.17) is 4.74 Å². The van der Waals surface area contributed by atoms with Crippen LogP contribution in [0.5, 0.6) is 11.8 Å². The van der Waals surface area contributed by atoms with Gasteiger partial charge in [0.05, 0.1) is 6.04 Å². The first-order chi connectivity index (χ1) is 13.8. The Balaban J connectivity index is 1.56. The van der Waals surface area contributed by atoms with Crippen LogP contribution in [-0.4, -0.2) is 15.9 Å². The second-order valence-electron chi connectivity index (χ2n) is 5.99. The van der Waals surface area contributed by atoms with E-state index in [1.54, 1.807) is 54.1 Å². The summed E-state index contributed by atoms with van der Waals surface area (Å²) in [4.78, 5) is 22.1. The van der Waals surface area contributed by atoms with Crippen LogP contribution in [0.1, 0.15) is 26.8 Å². The van der Waals surface area contributed by atoms with Gasteiger partial charge < -0.3 is 10.1 Å². The lowest BCUT2D eigenvalue weighted by Crippen LogP contribution is -2.28. The zero-order valence-electron chi connectivity index (χ0n) is 14.9. The SMILES string of the molecule is O=C(NC(c1ccccc1)c1cccs1)c1cccc(Oc2ncccn2)c1. The number of carbonyl (C=O) groups excluding carboxylic acids is 1. The molecule has 5 nitrogen and oxygen atoms in total. The second kappa shape index (κ2) is 8.45. The van der Waals surface area contributed by atoms with E-state index in [0.717, 1.165) is 10.4 Å². The summed E-state index contributed by atoms with van der Waals surface area (Å²) in [5.74, 6) is 0.327. The highest BCUT2D eigenvalue weighted by Gasteiger charge is 2.19. The number of ether oxygens (including phenoxy) is 1. The van der Waals surface area contributed by atoms with Crippen LogP contribution < -0.4 is 10.1 Å². The molecule has 2 aromatic heterocycles. The summed E-state index contributed by atoms with van der Waals surface area (Å²) in [6.07, 6.45) is 3.20. The van der Waals surface area contributed by atoms with E-state index in [9.17, 15) is 4.79 Å². The summed E-state index contributed by atoms with van der Waals surface area (Å²) >= 11 is 1.61. The molecule has 2 heterocycles. The summed E-state index contributed by atoms with van der Waals surface area (Å²) in [6.45, 7) is 0. The molecule has 0 spiro atoms. The minimum Gasteiger partial charge on any atom is -0.424 e. The highest BCUT2D eigenvalue weighted by atomic mass is 32.1. The van der Waals surface area contributed by atoms with Crippen molar-refractivity contribution >= 4 is 17.2 Å². The van der Waals surface area contributed by atoms with E-state index in [1.807, 2.05) is 47.8 Å². The number of aromatic nitrogens is 2. The van der Waals surface area contributed by atoms with Gasteiger partial charge in [0, 0.05) is 22.8 Å². The zero-order chi connectivity index (χ0) is 19.2. The van der Waals surface area contributed by atoms with Crippen LogP contribution in [0.2, 0.25) is 0 Å². The van der Waals surface area contributed by atoms with Crippen LogP contribution >= 0.6 is 11.3 Å². The number of carbonyl (C=O) groups is 1. The third-order valence-electron chi connectivity index (χ3n) is 4.08. The Morgan fingerprint density at radius 1 is 0.929 bits per heavy atom. The van der Waals surface area contributed by atoms with E-state index < -0.39 is 0 Å². The van der Waals surface area contributed by atoms with E-state index in [-0.39, 0.29) is 18.0 Å². The maximum Gasteiger partial charge on any atom is 0.321 e. The van der Waals surface area contributed by atoms with E-state index in [1.165, 1.54) is 0 Å². The van der Waals surface area contributed by atoms with Gasteiger partial charge in [-0.25, -0.2) is 9.97 Å². The lowest BCUT2D eigenvalue weighted by Gasteiger charge is -2.18. The fourth-order valence-corrected chi connectivity index (χ4v) is 3.58. The van der Waals surface area contributed by atoms with E-state index in [0.29, 0.717) is 11.3 Å². The highest BCUT2D eigenvalue weighted by Crippen LogP contribution is 2.27. The maximum atomic E-state index is 12.9. The van der Waals surface area contributed by atoms with Crippen molar-refractivity contribution in [3.8, 4) is 11.8 Å². The van der Waals surface area contributed by atoms with Gasteiger partial charge in [-0.05, 0) is 41.3 Å². The van der Waals surface area contributed by atoms with Crippen molar-refractivity contribution in [2.45, 2.75) is 6.04 Å². The average molecular weight is 387 g/mol. The summed E-state index contributed by atoms with van der Waals surface area (Å²) in [5.41, 5.74) is 1.54. The Bertz CT molecular complexity index is 1040. The van der Waals surface area contributed by atoms with Gasteiger partial charge in [0.1, 0.15) is 5.75 Å². The molecule has 0 saturated carbocycles. The van der Waals surface area contributed by atoms with Gasteiger partial charge in [0.15, 0.2) is 0 Å². The van der Waals surface area contributed by atoms with Gasteiger partial charge in [-0.15, -0.1) is 11.3 Å². The van der Waals surface area contributed by atoms with Crippen molar-refractivity contribution in [2.24, 2.45) is 0 Å². The van der Waals surface area contributed by atoms with Crippen LogP contribution in [0.15, 0.2) is 90.6 Å².